The topological polar surface area (TPSA) is 42.0 Å². The maximum absolute atomic E-state index is 12.9. The second-order valence-corrected chi connectivity index (χ2v) is 7.09. The Morgan fingerprint density at radius 2 is 1.75 bits per heavy atom. The zero-order valence-electron chi connectivity index (χ0n) is 17.0. The molecule has 1 atom stereocenters. The average molecular weight is 380 g/mol. The van der Waals surface area contributed by atoms with Crippen LogP contribution in [0.15, 0.2) is 54.6 Å². The van der Waals surface area contributed by atoms with Crippen LogP contribution in [0.4, 0.5) is 0 Å². The van der Waals surface area contributed by atoms with E-state index in [1.165, 1.54) is 0 Å². The van der Waals surface area contributed by atoms with Crippen LogP contribution in [0, 0.1) is 0 Å². The van der Waals surface area contributed by atoms with Crippen molar-refractivity contribution < 1.29 is 14.3 Å². The van der Waals surface area contributed by atoms with E-state index in [2.05, 4.69) is 11.9 Å². The molecule has 1 aliphatic rings. The molecule has 1 unspecified atom stereocenters. The molecular formula is C23H28N2O3. The Balaban J connectivity index is 1.78. The summed E-state index contributed by atoms with van der Waals surface area (Å²) in [6.07, 6.45) is 1.74. The summed E-state index contributed by atoms with van der Waals surface area (Å²) in [6.45, 7) is 4.17. The van der Waals surface area contributed by atoms with Crippen molar-refractivity contribution in [2.24, 2.45) is 0 Å². The maximum Gasteiger partial charge on any atom is 0.246 e. The fourth-order valence-electron chi connectivity index (χ4n) is 3.55. The Labute approximate surface area is 167 Å². The van der Waals surface area contributed by atoms with E-state index < -0.39 is 0 Å². The largest absolute Gasteiger partial charge is 0.493 e. The molecule has 0 spiro atoms. The number of amides is 1. The molecule has 0 radical (unpaired) electrons. The Hall–Kier alpha value is -2.79. The molecule has 5 heteroatoms. The first-order chi connectivity index (χ1) is 13.5. The highest BCUT2D eigenvalue weighted by Gasteiger charge is 2.28. The second-order valence-electron chi connectivity index (χ2n) is 7.09. The molecule has 148 valence electrons. The van der Waals surface area contributed by atoms with E-state index in [4.69, 9.17) is 9.47 Å². The number of rotatable bonds is 5. The molecule has 0 aromatic heterocycles. The van der Waals surface area contributed by atoms with Crippen LogP contribution in [0.3, 0.4) is 0 Å². The van der Waals surface area contributed by atoms with Crippen molar-refractivity contribution in [2.45, 2.75) is 13.0 Å². The highest BCUT2D eigenvalue weighted by atomic mass is 16.5. The standard InChI is InChI=1S/C23H28N2O3/c1-17(18-8-6-5-7-9-18)14-23(26)25-13-12-24(2)20(16-25)19-10-11-21(27-3)22(15-19)28-4/h5-11,14-15,20H,12-13,16H2,1-4H3/b17-14+. The van der Waals surface area contributed by atoms with Gasteiger partial charge in [-0.15, -0.1) is 0 Å². The van der Waals surface area contributed by atoms with Crippen LogP contribution in [0.25, 0.3) is 5.57 Å². The first-order valence-corrected chi connectivity index (χ1v) is 9.48. The Bertz CT molecular complexity index is 848. The third kappa shape index (κ3) is 4.37. The molecule has 1 amide bonds. The van der Waals surface area contributed by atoms with Gasteiger partial charge in [0.15, 0.2) is 11.5 Å². The fourth-order valence-corrected chi connectivity index (χ4v) is 3.55. The molecule has 1 fully saturated rings. The predicted molar refractivity (Wildman–Crippen MR) is 112 cm³/mol. The van der Waals surface area contributed by atoms with E-state index in [9.17, 15) is 4.79 Å². The van der Waals surface area contributed by atoms with Crippen LogP contribution in [-0.4, -0.2) is 56.6 Å². The number of piperazine rings is 1. The van der Waals surface area contributed by atoms with Gasteiger partial charge in [-0.3, -0.25) is 9.69 Å². The van der Waals surface area contributed by atoms with Gasteiger partial charge in [-0.05, 0) is 42.8 Å². The van der Waals surface area contributed by atoms with Gasteiger partial charge in [0, 0.05) is 25.7 Å². The van der Waals surface area contributed by atoms with E-state index in [0.717, 1.165) is 29.8 Å². The van der Waals surface area contributed by atoms with Gasteiger partial charge in [0.25, 0.3) is 0 Å². The maximum atomic E-state index is 12.9. The van der Waals surface area contributed by atoms with Crippen molar-refractivity contribution in [3.05, 3.63) is 65.7 Å². The van der Waals surface area contributed by atoms with E-state index in [-0.39, 0.29) is 11.9 Å². The van der Waals surface area contributed by atoms with Crippen molar-refractivity contribution in [1.82, 2.24) is 9.80 Å². The monoisotopic (exact) mass is 380 g/mol. The number of hydrogen-bond acceptors (Lipinski definition) is 4. The number of benzene rings is 2. The SMILES string of the molecule is COc1ccc(C2CN(C(=O)/C=C(\C)c3ccccc3)CCN2C)cc1OC. The lowest BCUT2D eigenvalue weighted by Crippen LogP contribution is -2.48. The normalized spacial score (nSPS) is 18.1. The van der Waals surface area contributed by atoms with Crippen molar-refractivity contribution in [3.63, 3.8) is 0 Å². The highest BCUT2D eigenvalue weighted by molar-refractivity contribution is 5.95. The molecule has 1 aliphatic heterocycles. The molecule has 0 aliphatic carbocycles. The lowest BCUT2D eigenvalue weighted by atomic mass is 10.0. The van der Waals surface area contributed by atoms with Gasteiger partial charge in [0.2, 0.25) is 5.91 Å². The van der Waals surface area contributed by atoms with Crippen LogP contribution >= 0.6 is 0 Å². The highest BCUT2D eigenvalue weighted by Crippen LogP contribution is 2.33. The van der Waals surface area contributed by atoms with Gasteiger partial charge in [-0.1, -0.05) is 36.4 Å². The zero-order valence-corrected chi connectivity index (χ0v) is 17.0. The van der Waals surface area contributed by atoms with Gasteiger partial charge < -0.3 is 14.4 Å². The first kappa shape index (κ1) is 20.0. The molecule has 28 heavy (non-hydrogen) atoms. The molecule has 0 bridgehead atoms. The molecule has 2 aromatic carbocycles. The van der Waals surface area contributed by atoms with E-state index in [1.807, 2.05) is 60.4 Å². The number of methoxy groups -OCH3 is 2. The summed E-state index contributed by atoms with van der Waals surface area (Å²) in [7, 11) is 5.36. The van der Waals surface area contributed by atoms with Gasteiger partial charge in [0.05, 0.1) is 20.3 Å². The van der Waals surface area contributed by atoms with Gasteiger partial charge in [0.1, 0.15) is 0 Å². The minimum absolute atomic E-state index is 0.0555. The number of carbonyl (C=O) groups excluding carboxylic acids is 1. The summed E-state index contributed by atoms with van der Waals surface area (Å²) in [6, 6.07) is 16.1. The van der Waals surface area contributed by atoms with Crippen molar-refractivity contribution >= 4 is 11.5 Å². The second kappa shape index (κ2) is 8.93. The van der Waals surface area contributed by atoms with Gasteiger partial charge in [-0.2, -0.15) is 0 Å². The molecular weight excluding hydrogens is 352 g/mol. The number of hydrogen-bond donors (Lipinski definition) is 0. The number of carbonyl (C=O) groups is 1. The first-order valence-electron chi connectivity index (χ1n) is 9.48. The van der Waals surface area contributed by atoms with E-state index in [1.54, 1.807) is 20.3 Å². The molecule has 3 rings (SSSR count). The third-order valence-corrected chi connectivity index (χ3v) is 5.32. The summed E-state index contributed by atoms with van der Waals surface area (Å²) in [5, 5.41) is 0. The van der Waals surface area contributed by atoms with E-state index >= 15 is 0 Å². The quantitative estimate of drug-likeness (QED) is 0.743. The van der Waals surface area contributed by atoms with Crippen LogP contribution in [0.5, 0.6) is 11.5 Å². The smallest absolute Gasteiger partial charge is 0.246 e. The van der Waals surface area contributed by atoms with E-state index in [0.29, 0.717) is 18.0 Å². The minimum Gasteiger partial charge on any atom is -0.493 e. The Morgan fingerprint density at radius 1 is 1.04 bits per heavy atom. The van der Waals surface area contributed by atoms with Crippen molar-refractivity contribution in [2.75, 3.05) is 40.9 Å². The number of allylic oxidation sites excluding steroid dienone is 1. The zero-order chi connectivity index (χ0) is 20.1. The van der Waals surface area contributed by atoms with Crippen molar-refractivity contribution in [1.29, 1.82) is 0 Å². The average Bonchev–Trinajstić information content (AvgIpc) is 2.74. The summed E-state index contributed by atoms with van der Waals surface area (Å²) >= 11 is 0. The number of likely N-dealkylation sites (N-methyl/N-ethyl adjacent to an activating group) is 1. The molecule has 2 aromatic rings. The van der Waals surface area contributed by atoms with Gasteiger partial charge in [-0.25, -0.2) is 0 Å². The molecule has 5 nitrogen and oxygen atoms in total. The van der Waals surface area contributed by atoms with Crippen LogP contribution in [-0.2, 0) is 4.79 Å². The lowest BCUT2D eigenvalue weighted by Gasteiger charge is -2.39. The van der Waals surface area contributed by atoms with Crippen LogP contribution < -0.4 is 9.47 Å². The number of nitrogens with zero attached hydrogens (tertiary/aromatic N) is 2. The summed E-state index contributed by atoms with van der Waals surface area (Å²) < 4.78 is 10.8. The van der Waals surface area contributed by atoms with Crippen molar-refractivity contribution in [3.8, 4) is 11.5 Å². The molecule has 1 saturated heterocycles. The lowest BCUT2D eigenvalue weighted by molar-refractivity contribution is -0.128. The summed E-state index contributed by atoms with van der Waals surface area (Å²) in [4.78, 5) is 17.1. The summed E-state index contributed by atoms with van der Waals surface area (Å²) in [5.41, 5.74) is 3.16. The summed E-state index contributed by atoms with van der Waals surface area (Å²) in [5.74, 6) is 1.47. The fraction of sp³-hybridized carbons (Fsp3) is 0.348. The minimum atomic E-state index is 0.0555. The predicted octanol–water partition coefficient (Wildman–Crippen LogP) is 3.62. The molecule has 0 saturated carbocycles. The Kier molecular flexibility index (Phi) is 6.37. The third-order valence-electron chi connectivity index (χ3n) is 5.32. The molecule has 1 heterocycles. The van der Waals surface area contributed by atoms with Crippen LogP contribution in [0.2, 0.25) is 0 Å². The number of ether oxygens (including phenoxy) is 2. The van der Waals surface area contributed by atoms with Crippen LogP contribution in [0.1, 0.15) is 24.1 Å². The van der Waals surface area contributed by atoms with Gasteiger partial charge >= 0.3 is 0 Å². The Morgan fingerprint density at radius 3 is 2.43 bits per heavy atom. The molecule has 0 N–H and O–H groups in total.